The maximum atomic E-state index is 12.9. The molecule has 0 spiro atoms. The van der Waals surface area contributed by atoms with Gasteiger partial charge in [-0.1, -0.05) is 31.9 Å². The van der Waals surface area contributed by atoms with E-state index in [9.17, 15) is 14.7 Å². The zero-order valence-electron chi connectivity index (χ0n) is 15.1. The molecule has 2 fully saturated rings. The van der Waals surface area contributed by atoms with E-state index >= 15 is 0 Å². The van der Waals surface area contributed by atoms with Crippen LogP contribution >= 0.6 is 0 Å². The van der Waals surface area contributed by atoms with Crippen LogP contribution in [0.5, 0.6) is 0 Å². The van der Waals surface area contributed by atoms with E-state index in [0.717, 1.165) is 12.8 Å². The van der Waals surface area contributed by atoms with Crippen LogP contribution in [0, 0.1) is 29.1 Å². The molecule has 3 rings (SSSR count). The highest BCUT2D eigenvalue weighted by molar-refractivity contribution is 5.92. The summed E-state index contributed by atoms with van der Waals surface area (Å²) in [5, 5.41) is 11.6. The molecule has 0 aliphatic heterocycles. The van der Waals surface area contributed by atoms with Gasteiger partial charge in [0.25, 0.3) is 0 Å². The second-order valence-corrected chi connectivity index (χ2v) is 8.79. The fraction of sp³-hybridized carbons (Fsp3) is 0.800. The van der Waals surface area contributed by atoms with Gasteiger partial charge in [-0.3, -0.25) is 9.59 Å². The van der Waals surface area contributed by atoms with Crippen LogP contribution in [-0.2, 0) is 9.59 Å². The molecule has 0 unspecified atom stereocenters. The van der Waals surface area contributed by atoms with Crippen LogP contribution in [0.1, 0.15) is 66.7 Å². The Kier molecular flexibility index (Phi) is 3.87. The lowest BCUT2D eigenvalue weighted by atomic mass is 9.60. The summed E-state index contributed by atoms with van der Waals surface area (Å²) in [6.07, 6.45) is 3.23. The van der Waals surface area contributed by atoms with Crippen molar-refractivity contribution < 1.29 is 14.7 Å². The van der Waals surface area contributed by atoms with Gasteiger partial charge < -0.3 is 5.11 Å². The molecule has 2 saturated carbocycles. The molecule has 1 N–H and O–H groups in total. The van der Waals surface area contributed by atoms with E-state index < -0.39 is 11.0 Å². The molecule has 0 amide bonds. The number of aliphatic hydroxyl groups is 1. The highest BCUT2D eigenvalue weighted by Crippen LogP contribution is 2.58. The average Bonchev–Trinajstić information content (AvgIpc) is 2.90. The Morgan fingerprint density at radius 1 is 1.22 bits per heavy atom. The van der Waals surface area contributed by atoms with Crippen molar-refractivity contribution in [3.05, 3.63) is 11.1 Å². The highest BCUT2D eigenvalue weighted by Gasteiger charge is 2.64. The number of rotatable bonds is 1. The minimum atomic E-state index is -1.19. The van der Waals surface area contributed by atoms with E-state index in [4.69, 9.17) is 0 Å². The molecule has 0 saturated heterocycles. The van der Waals surface area contributed by atoms with Crippen molar-refractivity contribution >= 4 is 11.6 Å². The normalized spacial score (nSPS) is 44.4. The highest BCUT2D eigenvalue weighted by atomic mass is 16.3. The van der Waals surface area contributed by atoms with Crippen LogP contribution in [0.4, 0.5) is 0 Å². The van der Waals surface area contributed by atoms with Gasteiger partial charge in [0.2, 0.25) is 0 Å². The topological polar surface area (TPSA) is 54.4 Å². The largest absolute Gasteiger partial charge is 0.388 e. The van der Waals surface area contributed by atoms with Crippen molar-refractivity contribution in [2.24, 2.45) is 29.1 Å². The third-order valence-electron chi connectivity index (χ3n) is 7.32. The van der Waals surface area contributed by atoms with Crippen molar-refractivity contribution in [2.45, 2.75) is 72.3 Å². The summed E-state index contributed by atoms with van der Waals surface area (Å²) < 4.78 is 0. The third kappa shape index (κ3) is 2.19. The summed E-state index contributed by atoms with van der Waals surface area (Å²) in [5.41, 5.74) is 0.617. The first-order valence-electron chi connectivity index (χ1n) is 9.08. The van der Waals surface area contributed by atoms with E-state index in [2.05, 4.69) is 20.8 Å². The first kappa shape index (κ1) is 16.9. The maximum absolute atomic E-state index is 12.9. The number of carbonyl (C=O) groups is 2. The molecule has 0 aromatic rings. The van der Waals surface area contributed by atoms with E-state index in [1.54, 1.807) is 0 Å². The predicted octanol–water partition coefficient (Wildman–Crippen LogP) is 3.69. The molecule has 5 atom stereocenters. The number of carbonyl (C=O) groups excluding carboxylic acids is 2. The summed E-state index contributed by atoms with van der Waals surface area (Å²) >= 11 is 0. The zero-order valence-corrected chi connectivity index (χ0v) is 15.1. The summed E-state index contributed by atoms with van der Waals surface area (Å²) in [7, 11) is 0. The molecule has 128 valence electrons. The van der Waals surface area contributed by atoms with Gasteiger partial charge in [-0.15, -0.1) is 0 Å². The predicted molar refractivity (Wildman–Crippen MR) is 89.8 cm³/mol. The van der Waals surface area contributed by atoms with Gasteiger partial charge in [-0.05, 0) is 50.9 Å². The summed E-state index contributed by atoms with van der Waals surface area (Å²) in [4.78, 5) is 25.8. The summed E-state index contributed by atoms with van der Waals surface area (Å²) in [6.45, 7) is 10.2. The van der Waals surface area contributed by atoms with Crippen LogP contribution in [0.25, 0.3) is 0 Å². The van der Waals surface area contributed by atoms with Crippen molar-refractivity contribution in [1.29, 1.82) is 0 Å². The second-order valence-electron chi connectivity index (χ2n) is 8.79. The molecule has 23 heavy (non-hydrogen) atoms. The molecular formula is C20H30O3. The minimum Gasteiger partial charge on any atom is -0.388 e. The minimum absolute atomic E-state index is 0.0421. The van der Waals surface area contributed by atoms with Crippen molar-refractivity contribution in [2.75, 3.05) is 0 Å². The number of allylic oxidation sites excluding steroid dienone is 2. The van der Waals surface area contributed by atoms with Crippen LogP contribution in [0.3, 0.4) is 0 Å². The molecule has 3 aliphatic carbocycles. The van der Waals surface area contributed by atoms with Gasteiger partial charge in [0.1, 0.15) is 11.6 Å². The number of hydrogen-bond donors (Lipinski definition) is 1. The van der Waals surface area contributed by atoms with Gasteiger partial charge in [-0.25, -0.2) is 0 Å². The number of hydrogen-bond acceptors (Lipinski definition) is 3. The molecule has 3 heteroatoms. The molecule has 0 radical (unpaired) electrons. The molecular weight excluding hydrogens is 288 g/mol. The second kappa shape index (κ2) is 5.27. The maximum Gasteiger partial charge on any atom is 0.142 e. The number of ketones is 2. The average molecular weight is 318 g/mol. The van der Waals surface area contributed by atoms with Gasteiger partial charge >= 0.3 is 0 Å². The van der Waals surface area contributed by atoms with Gasteiger partial charge in [0.15, 0.2) is 0 Å². The quantitative estimate of drug-likeness (QED) is 0.750. The number of fused-ring (bicyclic) bond motifs is 2. The Morgan fingerprint density at radius 3 is 2.48 bits per heavy atom. The van der Waals surface area contributed by atoms with Crippen LogP contribution in [0.2, 0.25) is 0 Å². The Labute approximate surface area is 139 Å². The van der Waals surface area contributed by atoms with Gasteiger partial charge in [-0.2, -0.15) is 0 Å². The zero-order chi connectivity index (χ0) is 17.2. The molecule has 0 aromatic heterocycles. The summed E-state index contributed by atoms with van der Waals surface area (Å²) in [5.74, 6) is 0.593. The first-order valence-corrected chi connectivity index (χ1v) is 9.08. The van der Waals surface area contributed by atoms with E-state index in [0.29, 0.717) is 12.8 Å². The Morgan fingerprint density at radius 2 is 1.87 bits per heavy atom. The monoisotopic (exact) mass is 318 g/mol. The molecule has 3 nitrogen and oxygen atoms in total. The van der Waals surface area contributed by atoms with Crippen LogP contribution in [-0.4, -0.2) is 22.3 Å². The molecule has 3 aliphatic rings. The Hall–Kier alpha value is -0.960. The molecule has 0 aromatic carbocycles. The van der Waals surface area contributed by atoms with E-state index in [1.807, 2.05) is 13.8 Å². The summed E-state index contributed by atoms with van der Waals surface area (Å²) in [6, 6.07) is 0. The smallest absolute Gasteiger partial charge is 0.142 e. The molecule has 0 heterocycles. The SMILES string of the molecule is CC1=C2C[C@@]3(C)C(=O)C[C@H](C(C)C)[C@]3(O)CC(=O)[C@@H](C)[C@H]2CC1. The standard InChI is InChI=1S/C20H30O3/c1-11(2)16-8-18(22)19(5)9-15-12(3)6-7-14(15)13(4)17(21)10-20(16,19)23/h11,13-14,16,23H,6-10H2,1-5H3/t13-,14+,16+,19-,20+/m0/s1. The lowest BCUT2D eigenvalue weighted by Crippen LogP contribution is -2.54. The van der Waals surface area contributed by atoms with E-state index in [-0.39, 0.29) is 41.7 Å². The lowest BCUT2D eigenvalue weighted by Gasteiger charge is -2.46. The number of Topliss-reactive ketones (excluding diaryl/α,β-unsaturated/α-hetero) is 2. The van der Waals surface area contributed by atoms with E-state index in [1.165, 1.54) is 11.1 Å². The Balaban J connectivity index is 2.13. The fourth-order valence-electron chi connectivity index (χ4n) is 5.50. The Bertz CT molecular complexity index is 588. The van der Waals surface area contributed by atoms with Crippen LogP contribution < -0.4 is 0 Å². The third-order valence-corrected chi connectivity index (χ3v) is 7.32. The van der Waals surface area contributed by atoms with Gasteiger partial charge in [0, 0.05) is 18.8 Å². The molecule has 0 bridgehead atoms. The van der Waals surface area contributed by atoms with Crippen molar-refractivity contribution in [3.8, 4) is 0 Å². The van der Waals surface area contributed by atoms with Crippen molar-refractivity contribution in [1.82, 2.24) is 0 Å². The van der Waals surface area contributed by atoms with Gasteiger partial charge in [0.05, 0.1) is 11.0 Å². The van der Waals surface area contributed by atoms with Crippen LogP contribution in [0.15, 0.2) is 11.1 Å². The lowest BCUT2D eigenvalue weighted by molar-refractivity contribution is -0.151. The first-order chi connectivity index (χ1) is 10.6. The fourth-order valence-corrected chi connectivity index (χ4v) is 5.50. The van der Waals surface area contributed by atoms with Crippen molar-refractivity contribution in [3.63, 3.8) is 0 Å².